The molecule has 0 radical (unpaired) electrons. The van der Waals surface area contributed by atoms with Gasteiger partial charge in [-0.1, -0.05) is 54.2 Å². The van der Waals surface area contributed by atoms with Crippen LogP contribution in [0, 0.1) is 5.82 Å². The zero-order chi connectivity index (χ0) is 22.5. The van der Waals surface area contributed by atoms with E-state index in [1.165, 1.54) is 28.1 Å². The van der Waals surface area contributed by atoms with Gasteiger partial charge < -0.3 is 15.9 Å². The van der Waals surface area contributed by atoms with E-state index in [1.54, 1.807) is 19.1 Å². The highest BCUT2D eigenvalue weighted by molar-refractivity contribution is 8.00. The highest BCUT2D eigenvalue weighted by Crippen LogP contribution is 2.27. The number of para-hydroxylation sites is 1. The molecule has 2 aromatic carbocycles. The van der Waals surface area contributed by atoms with E-state index in [2.05, 4.69) is 20.5 Å². The molecule has 4 rings (SSSR count). The molecule has 164 valence electrons. The molecule has 3 N–H and O–H groups in total. The molecule has 0 bridgehead atoms. The van der Waals surface area contributed by atoms with E-state index in [-0.39, 0.29) is 18.3 Å². The predicted molar refractivity (Wildman–Crippen MR) is 122 cm³/mol. The second-order valence-corrected chi connectivity index (χ2v) is 8.81. The van der Waals surface area contributed by atoms with Crippen LogP contribution in [0.25, 0.3) is 11.3 Å². The first-order valence-electron chi connectivity index (χ1n) is 9.56. The fourth-order valence-corrected chi connectivity index (χ4v) is 4.19. The minimum absolute atomic E-state index is 0.0626. The monoisotopic (exact) mass is 470 g/mol. The van der Waals surface area contributed by atoms with Crippen LogP contribution in [0.1, 0.15) is 12.7 Å². The van der Waals surface area contributed by atoms with Crippen molar-refractivity contribution in [1.29, 1.82) is 0 Å². The molecule has 1 amide bonds. The number of carbonyl (C=O) groups excluding carboxylic acids is 1. The van der Waals surface area contributed by atoms with Crippen LogP contribution < -0.4 is 15.9 Å². The van der Waals surface area contributed by atoms with Gasteiger partial charge in [-0.05, 0) is 19.1 Å². The first kappa shape index (κ1) is 21.8. The summed E-state index contributed by atoms with van der Waals surface area (Å²) in [4.78, 5) is 17.1. The topological polar surface area (TPSA) is 108 Å². The van der Waals surface area contributed by atoms with Gasteiger partial charge in [-0.25, -0.2) is 14.1 Å². The van der Waals surface area contributed by atoms with Gasteiger partial charge in [0.05, 0.1) is 10.9 Å². The summed E-state index contributed by atoms with van der Waals surface area (Å²) in [7, 11) is 0. The fourth-order valence-electron chi connectivity index (χ4n) is 2.68. The lowest BCUT2D eigenvalue weighted by atomic mass is 10.2. The number of nitrogens with two attached hydrogens (primary N) is 1. The number of anilines is 1. The number of nitrogens with zero attached hydrogens (tertiary/aromatic N) is 4. The molecule has 0 fully saturated rings. The standard InChI is InChI=1S/C21H19FN6O2S2/c1-13(19(29)25-20-24-16(12-31-20)14-7-3-2-4-8-14)32-21-27-26-18(28(21)23)11-30-17-10-6-5-9-15(17)22/h2-10,12-13H,11,23H2,1H3,(H,24,25,29). The average Bonchev–Trinajstić information content (AvgIpc) is 3.41. The summed E-state index contributed by atoms with van der Waals surface area (Å²) in [6, 6.07) is 15.8. The lowest BCUT2D eigenvalue weighted by Gasteiger charge is -2.10. The van der Waals surface area contributed by atoms with E-state index in [1.807, 2.05) is 35.7 Å². The highest BCUT2D eigenvalue weighted by atomic mass is 32.2. The largest absolute Gasteiger partial charge is 0.482 e. The van der Waals surface area contributed by atoms with Crippen molar-refractivity contribution in [3.8, 4) is 17.0 Å². The minimum Gasteiger partial charge on any atom is -0.482 e. The van der Waals surface area contributed by atoms with Crippen LogP contribution in [0.2, 0.25) is 0 Å². The molecule has 32 heavy (non-hydrogen) atoms. The lowest BCUT2D eigenvalue weighted by Crippen LogP contribution is -2.24. The Morgan fingerprint density at radius 3 is 2.75 bits per heavy atom. The molecule has 0 spiro atoms. The first-order valence-corrected chi connectivity index (χ1v) is 11.3. The number of amides is 1. The fraction of sp³-hybridized carbons (Fsp3) is 0.143. The van der Waals surface area contributed by atoms with Crippen molar-refractivity contribution >= 4 is 34.1 Å². The number of thioether (sulfide) groups is 1. The SMILES string of the molecule is CC(Sc1nnc(COc2ccccc2F)n1N)C(=O)Nc1nc(-c2ccccc2)cs1. The Morgan fingerprint density at radius 2 is 1.97 bits per heavy atom. The second-order valence-electron chi connectivity index (χ2n) is 6.64. The Labute approximate surface area is 191 Å². The summed E-state index contributed by atoms with van der Waals surface area (Å²) in [5.41, 5.74) is 1.78. The predicted octanol–water partition coefficient (Wildman–Crippen LogP) is 3.95. The van der Waals surface area contributed by atoms with Gasteiger partial charge in [0.1, 0.15) is 6.61 Å². The molecule has 0 saturated heterocycles. The first-order chi connectivity index (χ1) is 15.5. The molecule has 11 heteroatoms. The third-order valence-corrected chi connectivity index (χ3v) is 6.20. The Morgan fingerprint density at radius 1 is 1.22 bits per heavy atom. The van der Waals surface area contributed by atoms with Gasteiger partial charge in [0, 0.05) is 10.9 Å². The number of hydrogen-bond acceptors (Lipinski definition) is 8. The van der Waals surface area contributed by atoms with Gasteiger partial charge in [-0.15, -0.1) is 21.5 Å². The normalized spacial score (nSPS) is 11.8. The van der Waals surface area contributed by atoms with Crippen molar-refractivity contribution in [3.63, 3.8) is 0 Å². The number of thiazole rings is 1. The molecule has 8 nitrogen and oxygen atoms in total. The Hall–Kier alpha value is -3.44. The second kappa shape index (κ2) is 9.79. The highest BCUT2D eigenvalue weighted by Gasteiger charge is 2.21. The summed E-state index contributed by atoms with van der Waals surface area (Å²) < 4.78 is 20.3. The van der Waals surface area contributed by atoms with Crippen LogP contribution in [0.15, 0.2) is 65.1 Å². The van der Waals surface area contributed by atoms with Gasteiger partial charge in [0.2, 0.25) is 11.1 Å². The van der Waals surface area contributed by atoms with E-state index in [4.69, 9.17) is 10.6 Å². The summed E-state index contributed by atoms with van der Waals surface area (Å²) in [6.07, 6.45) is 0. The molecule has 2 heterocycles. The zero-order valence-electron chi connectivity index (χ0n) is 16.9. The molecule has 1 atom stereocenters. The Kier molecular flexibility index (Phi) is 6.66. The number of ether oxygens (including phenoxy) is 1. The van der Waals surface area contributed by atoms with Crippen molar-refractivity contribution in [2.24, 2.45) is 0 Å². The van der Waals surface area contributed by atoms with E-state index in [0.29, 0.717) is 16.1 Å². The molecular weight excluding hydrogens is 451 g/mol. The summed E-state index contributed by atoms with van der Waals surface area (Å²) in [6.45, 7) is 1.67. The van der Waals surface area contributed by atoms with Crippen molar-refractivity contribution in [3.05, 3.63) is 71.6 Å². The number of rotatable bonds is 8. The van der Waals surface area contributed by atoms with Crippen LogP contribution in [-0.2, 0) is 11.4 Å². The van der Waals surface area contributed by atoms with E-state index in [9.17, 15) is 9.18 Å². The van der Waals surface area contributed by atoms with Gasteiger partial charge in [0.25, 0.3) is 0 Å². The number of carbonyl (C=O) groups is 1. The van der Waals surface area contributed by atoms with Crippen LogP contribution >= 0.6 is 23.1 Å². The van der Waals surface area contributed by atoms with Crippen molar-refractivity contribution < 1.29 is 13.9 Å². The van der Waals surface area contributed by atoms with Crippen molar-refractivity contribution in [1.82, 2.24) is 19.9 Å². The molecule has 0 aliphatic heterocycles. The van der Waals surface area contributed by atoms with E-state index in [0.717, 1.165) is 23.0 Å². The molecular formula is C21H19FN6O2S2. The van der Waals surface area contributed by atoms with E-state index >= 15 is 0 Å². The maximum Gasteiger partial charge on any atom is 0.239 e. The number of nitrogens with one attached hydrogen (secondary N) is 1. The summed E-state index contributed by atoms with van der Waals surface area (Å²) >= 11 is 2.50. The van der Waals surface area contributed by atoms with Gasteiger partial charge in [-0.2, -0.15) is 0 Å². The van der Waals surface area contributed by atoms with Crippen molar-refractivity contribution in [2.45, 2.75) is 23.9 Å². The summed E-state index contributed by atoms with van der Waals surface area (Å²) in [5.74, 6) is 5.71. The number of halogens is 1. The molecule has 0 aliphatic rings. The van der Waals surface area contributed by atoms with Gasteiger partial charge >= 0.3 is 0 Å². The molecule has 0 aliphatic carbocycles. The molecule has 2 aromatic heterocycles. The van der Waals surface area contributed by atoms with Crippen LogP contribution in [0.4, 0.5) is 9.52 Å². The summed E-state index contributed by atoms with van der Waals surface area (Å²) in [5, 5.41) is 13.0. The maximum absolute atomic E-state index is 13.7. The van der Waals surface area contributed by atoms with Crippen LogP contribution in [-0.4, -0.2) is 31.0 Å². The Balaban J connectivity index is 1.34. The van der Waals surface area contributed by atoms with Crippen molar-refractivity contribution in [2.75, 3.05) is 11.2 Å². The van der Waals surface area contributed by atoms with Gasteiger partial charge in [-0.3, -0.25) is 4.79 Å². The number of benzene rings is 2. The molecule has 4 aromatic rings. The quantitative estimate of drug-likeness (QED) is 0.296. The third-order valence-electron chi connectivity index (χ3n) is 4.38. The van der Waals surface area contributed by atoms with Crippen LogP contribution in [0.5, 0.6) is 5.75 Å². The maximum atomic E-state index is 13.7. The smallest absolute Gasteiger partial charge is 0.239 e. The lowest BCUT2D eigenvalue weighted by molar-refractivity contribution is -0.115. The zero-order valence-corrected chi connectivity index (χ0v) is 18.6. The number of nitrogen functional groups attached to an aromatic ring is 1. The van der Waals surface area contributed by atoms with Crippen LogP contribution in [0.3, 0.4) is 0 Å². The molecule has 1 unspecified atom stereocenters. The third kappa shape index (κ3) is 5.06. The van der Waals surface area contributed by atoms with E-state index < -0.39 is 11.1 Å². The molecule has 0 saturated carbocycles. The van der Waals surface area contributed by atoms with Gasteiger partial charge in [0.15, 0.2) is 22.5 Å². The number of aromatic nitrogens is 4. The number of hydrogen-bond donors (Lipinski definition) is 2. The minimum atomic E-state index is -0.508. The Bertz CT molecular complexity index is 1210. The average molecular weight is 471 g/mol.